The van der Waals surface area contributed by atoms with Gasteiger partial charge >= 0.3 is 0 Å². The zero-order valence-corrected chi connectivity index (χ0v) is 17.6. The second kappa shape index (κ2) is 10.3. The van der Waals surface area contributed by atoms with Gasteiger partial charge in [-0.2, -0.15) is 0 Å². The Morgan fingerprint density at radius 3 is 2.33 bits per heavy atom. The Morgan fingerprint density at radius 2 is 1.53 bits per heavy atom. The Morgan fingerprint density at radius 1 is 0.800 bits per heavy atom. The summed E-state index contributed by atoms with van der Waals surface area (Å²) in [7, 11) is 0. The fourth-order valence-electron chi connectivity index (χ4n) is 4.15. The number of hydrogen-bond donors (Lipinski definition) is 1. The van der Waals surface area contributed by atoms with E-state index in [4.69, 9.17) is 0 Å². The average Bonchev–Trinajstić information content (AvgIpc) is 2.80. The number of benzene rings is 3. The highest BCUT2D eigenvalue weighted by atomic mass is 16.1. The highest BCUT2D eigenvalue weighted by Gasteiger charge is 2.16. The molecule has 0 spiro atoms. The average molecular weight is 402 g/mol. The van der Waals surface area contributed by atoms with Gasteiger partial charge < -0.3 is 10.2 Å². The summed E-state index contributed by atoms with van der Waals surface area (Å²) >= 11 is 0. The number of carbonyl (C=O) groups excluding carboxylic acids is 1. The highest BCUT2D eigenvalue weighted by molar-refractivity contribution is 5.85. The number of para-hydroxylation sites is 1. The Labute approximate surface area is 179 Å². The van der Waals surface area contributed by atoms with Crippen LogP contribution in [0.1, 0.15) is 18.4 Å². The van der Waals surface area contributed by atoms with Crippen LogP contribution in [0, 0.1) is 0 Å². The van der Waals surface area contributed by atoms with Crippen LogP contribution in [0.4, 0.5) is 5.69 Å². The first-order valence-corrected chi connectivity index (χ1v) is 11.0. The topological polar surface area (TPSA) is 35.6 Å². The molecule has 1 amide bonds. The lowest BCUT2D eigenvalue weighted by atomic mass is 10.0. The number of fused-ring (bicyclic) bond motifs is 1. The molecule has 0 saturated carbocycles. The van der Waals surface area contributed by atoms with E-state index in [1.807, 2.05) is 12.1 Å². The zero-order valence-electron chi connectivity index (χ0n) is 17.6. The molecule has 1 aliphatic rings. The molecule has 0 unspecified atom stereocenters. The van der Waals surface area contributed by atoms with E-state index in [0.717, 1.165) is 57.7 Å². The molecule has 1 saturated heterocycles. The van der Waals surface area contributed by atoms with Crippen LogP contribution in [0.5, 0.6) is 0 Å². The monoisotopic (exact) mass is 401 g/mol. The number of hydrogen-bond acceptors (Lipinski definition) is 3. The van der Waals surface area contributed by atoms with E-state index in [1.54, 1.807) is 0 Å². The van der Waals surface area contributed by atoms with Crippen molar-refractivity contribution in [2.75, 3.05) is 44.2 Å². The standard InChI is InChI=1S/C26H31N3O/c30-26(21-22-12-13-23-8-4-5-9-24(23)20-22)27-14-6-7-15-28-16-18-29(19-17-28)25-10-2-1-3-11-25/h1-5,8-13,20H,6-7,14-19,21H2,(H,27,30). The summed E-state index contributed by atoms with van der Waals surface area (Å²) in [6.45, 7) is 6.28. The normalized spacial score (nSPS) is 14.7. The fraction of sp³-hybridized carbons (Fsp3) is 0.346. The molecule has 1 N–H and O–H groups in total. The van der Waals surface area contributed by atoms with Gasteiger partial charge in [0, 0.05) is 38.4 Å². The predicted octanol–water partition coefficient (Wildman–Crippen LogP) is 4.10. The highest BCUT2D eigenvalue weighted by Crippen LogP contribution is 2.17. The number of nitrogens with zero attached hydrogens (tertiary/aromatic N) is 2. The first-order valence-electron chi connectivity index (χ1n) is 11.0. The second-order valence-electron chi connectivity index (χ2n) is 8.08. The summed E-state index contributed by atoms with van der Waals surface area (Å²) in [4.78, 5) is 17.3. The van der Waals surface area contributed by atoms with Crippen LogP contribution >= 0.6 is 0 Å². The van der Waals surface area contributed by atoms with Crippen LogP contribution in [0.15, 0.2) is 72.8 Å². The third-order valence-electron chi connectivity index (χ3n) is 5.90. The van der Waals surface area contributed by atoms with Gasteiger partial charge in [-0.25, -0.2) is 0 Å². The molecule has 4 rings (SSSR count). The number of piperazine rings is 1. The third kappa shape index (κ3) is 5.61. The summed E-state index contributed by atoms with van der Waals surface area (Å²) in [6.07, 6.45) is 2.61. The van der Waals surface area contributed by atoms with E-state index in [-0.39, 0.29) is 5.91 Å². The molecule has 0 atom stereocenters. The zero-order chi connectivity index (χ0) is 20.6. The van der Waals surface area contributed by atoms with E-state index in [1.165, 1.54) is 16.5 Å². The number of nitrogens with one attached hydrogen (secondary N) is 1. The van der Waals surface area contributed by atoms with Crippen molar-refractivity contribution in [3.8, 4) is 0 Å². The number of rotatable bonds is 8. The number of anilines is 1. The van der Waals surface area contributed by atoms with E-state index < -0.39 is 0 Å². The van der Waals surface area contributed by atoms with Gasteiger partial charge in [-0.1, -0.05) is 60.7 Å². The summed E-state index contributed by atoms with van der Waals surface area (Å²) in [5.41, 5.74) is 2.40. The van der Waals surface area contributed by atoms with Crippen LogP contribution in [0.2, 0.25) is 0 Å². The third-order valence-corrected chi connectivity index (χ3v) is 5.90. The molecule has 1 fully saturated rings. The number of amides is 1. The van der Waals surface area contributed by atoms with Crippen molar-refractivity contribution in [2.45, 2.75) is 19.3 Å². The lowest BCUT2D eigenvalue weighted by molar-refractivity contribution is -0.120. The van der Waals surface area contributed by atoms with E-state index in [9.17, 15) is 4.79 Å². The molecular weight excluding hydrogens is 370 g/mol. The molecule has 0 aliphatic carbocycles. The molecule has 1 heterocycles. The maximum atomic E-state index is 12.3. The molecule has 0 bridgehead atoms. The first kappa shape index (κ1) is 20.4. The van der Waals surface area contributed by atoms with Crippen molar-refractivity contribution in [1.29, 1.82) is 0 Å². The second-order valence-corrected chi connectivity index (χ2v) is 8.08. The smallest absolute Gasteiger partial charge is 0.224 e. The van der Waals surface area contributed by atoms with Gasteiger partial charge in [0.15, 0.2) is 0 Å². The minimum absolute atomic E-state index is 0.113. The van der Waals surface area contributed by atoms with Crippen molar-refractivity contribution < 1.29 is 4.79 Å². The van der Waals surface area contributed by atoms with Gasteiger partial charge in [0.25, 0.3) is 0 Å². The van der Waals surface area contributed by atoms with Crippen LogP contribution < -0.4 is 10.2 Å². The molecule has 0 aromatic heterocycles. The Kier molecular flexibility index (Phi) is 6.99. The SMILES string of the molecule is O=C(Cc1ccc2ccccc2c1)NCCCCN1CCN(c2ccccc2)CC1. The largest absolute Gasteiger partial charge is 0.369 e. The van der Waals surface area contributed by atoms with Crippen LogP contribution in [-0.4, -0.2) is 50.1 Å². The molecule has 0 radical (unpaired) electrons. The quantitative estimate of drug-likeness (QED) is 0.577. The predicted molar refractivity (Wildman–Crippen MR) is 125 cm³/mol. The molecular formula is C26H31N3O. The minimum Gasteiger partial charge on any atom is -0.369 e. The maximum Gasteiger partial charge on any atom is 0.224 e. The summed E-state index contributed by atoms with van der Waals surface area (Å²) in [5.74, 6) is 0.113. The Balaban J connectivity index is 1.11. The van der Waals surface area contributed by atoms with Gasteiger partial charge in [-0.3, -0.25) is 9.69 Å². The first-order chi connectivity index (χ1) is 14.8. The van der Waals surface area contributed by atoms with Gasteiger partial charge in [0.05, 0.1) is 6.42 Å². The van der Waals surface area contributed by atoms with Crippen molar-refractivity contribution in [3.05, 3.63) is 78.4 Å². The number of carbonyl (C=O) groups is 1. The fourth-order valence-corrected chi connectivity index (χ4v) is 4.15. The van der Waals surface area contributed by atoms with Crippen molar-refractivity contribution in [1.82, 2.24) is 10.2 Å². The Bertz CT molecular complexity index is 949. The van der Waals surface area contributed by atoms with Crippen molar-refractivity contribution in [3.63, 3.8) is 0 Å². The van der Waals surface area contributed by atoms with E-state index in [2.05, 4.69) is 75.8 Å². The van der Waals surface area contributed by atoms with Crippen molar-refractivity contribution in [2.24, 2.45) is 0 Å². The molecule has 156 valence electrons. The summed E-state index contributed by atoms with van der Waals surface area (Å²) in [6, 6.07) is 25.2. The van der Waals surface area contributed by atoms with E-state index >= 15 is 0 Å². The van der Waals surface area contributed by atoms with Crippen LogP contribution in [0.3, 0.4) is 0 Å². The lowest BCUT2D eigenvalue weighted by Gasteiger charge is -2.36. The van der Waals surface area contributed by atoms with Gasteiger partial charge in [0.2, 0.25) is 5.91 Å². The van der Waals surface area contributed by atoms with Crippen LogP contribution in [-0.2, 0) is 11.2 Å². The number of unbranched alkanes of at least 4 members (excludes halogenated alkanes) is 1. The summed E-state index contributed by atoms with van der Waals surface area (Å²) < 4.78 is 0. The molecule has 3 aromatic rings. The molecule has 30 heavy (non-hydrogen) atoms. The van der Waals surface area contributed by atoms with Gasteiger partial charge in [-0.05, 0) is 47.9 Å². The minimum atomic E-state index is 0.113. The van der Waals surface area contributed by atoms with Crippen LogP contribution in [0.25, 0.3) is 10.8 Å². The Hall–Kier alpha value is -2.85. The molecule has 4 nitrogen and oxygen atoms in total. The van der Waals surface area contributed by atoms with E-state index in [0.29, 0.717) is 6.42 Å². The summed E-state index contributed by atoms with van der Waals surface area (Å²) in [5, 5.41) is 5.48. The van der Waals surface area contributed by atoms with Crippen molar-refractivity contribution >= 4 is 22.4 Å². The molecule has 3 aromatic carbocycles. The van der Waals surface area contributed by atoms with Gasteiger partial charge in [0.1, 0.15) is 0 Å². The lowest BCUT2D eigenvalue weighted by Crippen LogP contribution is -2.46. The molecule has 4 heteroatoms. The maximum absolute atomic E-state index is 12.3. The van der Waals surface area contributed by atoms with Gasteiger partial charge in [-0.15, -0.1) is 0 Å². The molecule has 1 aliphatic heterocycles.